The summed E-state index contributed by atoms with van der Waals surface area (Å²) < 4.78 is 8.50. The molecule has 0 radical (unpaired) electrons. The van der Waals surface area contributed by atoms with Gasteiger partial charge in [0, 0.05) is 0 Å². The van der Waals surface area contributed by atoms with Crippen molar-refractivity contribution in [1.29, 1.82) is 0 Å². The van der Waals surface area contributed by atoms with E-state index < -0.39 is 0 Å². The second-order valence-corrected chi connectivity index (χ2v) is 5.95. The molecule has 19 heavy (non-hydrogen) atoms. The Kier molecular flexibility index (Phi) is 3.37. The summed E-state index contributed by atoms with van der Waals surface area (Å²) in [5.74, 6) is -0.198. The fourth-order valence-electron chi connectivity index (χ4n) is 1.54. The number of aromatic nitrogens is 4. The first-order valence-corrected chi connectivity index (χ1v) is 7.97. The SMILES string of the molecule is CCc1nnc(NC(=O)c2ccc3n[se]nc3c2)s1. The van der Waals surface area contributed by atoms with Crippen LogP contribution in [-0.4, -0.2) is 39.0 Å². The molecule has 0 spiro atoms. The summed E-state index contributed by atoms with van der Waals surface area (Å²) in [5, 5.41) is 12.1. The van der Waals surface area contributed by atoms with Crippen LogP contribution in [0.5, 0.6) is 0 Å². The molecule has 0 fully saturated rings. The maximum atomic E-state index is 12.1. The second-order valence-electron chi connectivity index (χ2n) is 3.78. The summed E-state index contributed by atoms with van der Waals surface area (Å²) in [4.78, 5) is 12.1. The van der Waals surface area contributed by atoms with Crippen molar-refractivity contribution < 1.29 is 4.79 Å². The predicted octanol–water partition coefficient (Wildman–Crippen LogP) is 1.35. The zero-order valence-corrected chi connectivity index (χ0v) is 12.5. The second kappa shape index (κ2) is 5.16. The third kappa shape index (κ3) is 2.56. The molecule has 3 rings (SSSR count). The summed E-state index contributed by atoms with van der Waals surface area (Å²) in [6.45, 7) is 2.00. The predicted molar refractivity (Wildman–Crippen MR) is 73.7 cm³/mol. The molecule has 96 valence electrons. The molecular weight excluding hydrogens is 329 g/mol. The number of anilines is 1. The van der Waals surface area contributed by atoms with Crippen LogP contribution in [-0.2, 0) is 6.42 Å². The standard InChI is InChI=1S/C11H9N5OSSe/c1-2-9-13-14-11(18-9)12-10(17)6-3-4-7-8(5-6)16-19-15-7/h3-5H,2H2,1H3,(H,12,14,17). The van der Waals surface area contributed by atoms with Crippen LogP contribution in [0.15, 0.2) is 18.2 Å². The summed E-state index contributed by atoms with van der Waals surface area (Å²) in [6, 6.07) is 5.32. The van der Waals surface area contributed by atoms with Crippen molar-refractivity contribution in [3.63, 3.8) is 0 Å². The number of nitrogens with zero attached hydrogens (tertiary/aromatic N) is 4. The van der Waals surface area contributed by atoms with Gasteiger partial charge in [0.25, 0.3) is 0 Å². The molecule has 0 aliphatic rings. The average Bonchev–Trinajstić information content (AvgIpc) is 3.05. The first-order chi connectivity index (χ1) is 9.26. The van der Waals surface area contributed by atoms with Gasteiger partial charge in [0.2, 0.25) is 0 Å². The third-order valence-electron chi connectivity index (χ3n) is 2.51. The Morgan fingerprint density at radius 1 is 1.32 bits per heavy atom. The van der Waals surface area contributed by atoms with Crippen LogP contribution >= 0.6 is 11.3 Å². The normalized spacial score (nSPS) is 10.8. The topological polar surface area (TPSA) is 80.7 Å². The van der Waals surface area contributed by atoms with Gasteiger partial charge in [-0.3, -0.25) is 0 Å². The fraction of sp³-hybridized carbons (Fsp3) is 0.182. The number of hydrogen-bond donors (Lipinski definition) is 1. The minimum atomic E-state index is -0.198. The van der Waals surface area contributed by atoms with Gasteiger partial charge >= 0.3 is 119 Å². The molecular formula is C11H9N5OSSe. The Labute approximate surface area is 119 Å². The number of amides is 1. The number of benzene rings is 1. The van der Waals surface area contributed by atoms with Crippen LogP contribution in [0, 0.1) is 0 Å². The Hall–Kier alpha value is -1.63. The minimum absolute atomic E-state index is 0.0767. The molecule has 6 nitrogen and oxygen atoms in total. The van der Waals surface area contributed by atoms with Gasteiger partial charge in [-0.15, -0.1) is 0 Å². The number of rotatable bonds is 3. The van der Waals surface area contributed by atoms with E-state index in [4.69, 9.17) is 0 Å². The molecule has 0 saturated heterocycles. The molecule has 0 aliphatic heterocycles. The summed E-state index contributed by atoms with van der Waals surface area (Å²) in [7, 11) is 0. The molecule has 0 bridgehead atoms. The summed E-state index contributed by atoms with van der Waals surface area (Å²) in [5.41, 5.74) is 2.21. The Bertz CT molecular complexity index is 737. The van der Waals surface area contributed by atoms with E-state index in [1.165, 1.54) is 11.3 Å². The van der Waals surface area contributed by atoms with E-state index in [2.05, 4.69) is 23.5 Å². The van der Waals surface area contributed by atoms with Gasteiger partial charge in [0.05, 0.1) is 0 Å². The van der Waals surface area contributed by atoms with E-state index in [0.717, 1.165) is 22.5 Å². The third-order valence-corrected chi connectivity index (χ3v) is 4.66. The average molecular weight is 338 g/mol. The van der Waals surface area contributed by atoms with Gasteiger partial charge in [0.1, 0.15) is 0 Å². The van der Waals surface area contributed by atoms with Crippen LogP contribution in [0.3, 0.4) is 0 Å². The van der Waals surface area contributed by atoms with Crippen molar-refractivity contribution in [2.24, 2.45) is 0 Å². The zero-order valence-electron chi connectivity index (χ0n) is 9.95. The van der Waals surface area contributed by atoms with Crippen LogP contribution in [0.25, 0.3) is 11.0 Å². The van der Waals surface area contributed by atoms with E-state index in [-0.39, 0.29) is 20.9 Å². The molecule has 0 unspecified atom stereocenters. The maximum absolute atomic E-state index is 12.1. The van der Waals surface area contributed by atoms with Crippen molar-refractivity contribution >= 4 is 48.4 Å². The van der Waals surface area contributed by atoms with Crippen molar-refractivity contribution in [2.75, 3.05) is 5.32 Å². The number of nitrogens with one attached hydrogen (secondary N) is 1. The molecule has 3 aromatic rings. The van der Waals surface area contributed by atoms with Crippen LogP contribution in [0.1, 0.15) is 22.3 Å². The molecule has 8 heteroatoms. The number of hydrogen-bond acceptors (Lipinski definition) is 6. The molecule has 1 amide bonds. The quantitative estimate of drug-likeness (QED) is 0.729. The van der Waals surface area contributed by atoms with Gasteiger partial charge in [-0.25, -0.2) is 0 Å². The first-order valence-electron chi connectivity index (χ1n) is 5.62. The van der Waals surface area contributed by atoms with E-state index in [0.29, 0.717) is 10.7 Å². The van der Waals surface area contributed by atoms with E-state index in [1.807, 2.05) is 13.0 Å². The van der Waals surface area contributed by atoms with Crippen molar-refractivity contribution in [3.8, 4) is 0 Å². The van der Waals surface area contributed by atoms with E-state index >= 15 is 0 Å². The molecule has 2 heterocycles. The van der Waals surface area contributed by atoms with Crippen LogP contribution in [0.2, 0.25) is 0 Å². The van der Waals surface area contributed by atoms with Gasteiger partial charge < -0.3 is 0 Å². The van der Waals surface area contributed by atoms with Crippen molar-refractivity contribution in [1.82, 2.24) is 18.2 Å². The number of carbonyl (C=O) groups is 1. The van der Waals surface area contributed by atoms with Gasteiger partial charge in [-0.1, -0.05) is 0 Å². The van der Waals surface area contributed by atoms with Crippen LogP contribution in [0.4, 0.5) is 5.13 Å². The van der Waals surface area contributed by atoms with Crippen LogP contribution < -0.4 is 5.32 Å². The summed E-state index contributed by atoms with van der Waals surface area (Å²) in [6.07, 6.45) is 0.814. The first kappa shape index (κ1) is 12.4. The fourth-order valence-corrected chi connectivity index (χ4v) is 3.30. The van der Waals surface area contributed by atoms with E-state index in [9.17, 15) is 4.79 Å². The monoisotopic (exact) mass is 339 g/mol. The van der Waals surface area contributed by atoms with Gasteiger partial charge in [0.15, 0.2) is 0 Å². The van der Waals surface area contributed by atoms with E-state index in [1.54, 1.807) is 12.1 Å². The molecule has 1 aromatic carbocycles. The summed E-state index contributed by atoms with van der Waals surface area (Å²) >= 11 is 1.31. The van der Waals surface area contributed by atoms with Gasteiger partial charge in [-0.05, 0) is 0 Å². The number of carbonyl (C=O) groups excluding carboxylic acids is 1. The molecule has 0 atom stereocenters. The number of aryl methyl sites for hydroxylation is 1. The number of fused-ring (bicyclic) bond motifs is 1. The van der Waals surface area contributed by atoms with Gasteiger partial charge in [-0.2, -0.15) is 0 Å². The van der Waals surface area contributed by atoms with Crippen molar-refractivity contribution in [2.45, 2.75) is 13.3 Å². The molecule has 0 saturated carbocycles. The molecule has 2 aromatic heterocycles. The Balaban J connectivity index is 1.82. The Morgan fingerprint density at radius 3 is 2.95 bits per heavy atom. The van der Waals surface area contributed by atoms with Crippen molar-refractivity contribution in [3.05, 3.63) is 28.8 Å². The Morgan fingerprint density at radius 2 is 2.16 bits per heavy atom. The molecule has 0 aliphatic carbocycles. The zero-order chi connectivity index (χ0) is 13.2. The molecule has 1 N–H and O–H groups in total.